The van der Waals surface area contributed by atoms with Crippen LogP contribution < -0.4 is 4.72 Å². The van der Waals surface area contributed by atoms with Crippen LogP contribution in [0.1, 0.15) is 12.5 Å². The van der Waals surface area contributed by atoms with Gasteiger partial charge in [-0.15, -0.1) is 6.42 Å². The summed E-state index contributed by atoms with van der Waals surface area (Å²) in [6.07, 6.45) is 5.07. The van der Waals surface area contributed by atoms with Crippen LogP contribution in [0.3, 0.4) is 0 Å². The Morgan fingerprint density at radius 3 is 2.67 bits per heavy atom. The zero-order chi connectivity index (χ0) is 13.8. The molecule has 1 aromatic rings. The van der Waals surface area contributed by atoms with Gasteiger partial charge in [-0.2, -0.15) is 0 Å². The summed E-state index contributed by atoms with van der Waals surface area (Å²) in [4.78, 5) is 10.1. The largest absolute Gasteiger partial charge is 0.273 e. The molecule has 1 N–H and O–H groups in total. The van der Waals surface area contributed by atoms with E-state index >= 15 is 0 Å². The van der Waals surface area contributed by atoms with Gasteiger partial charge in [0.25, 0.3) is 5.69 Å². The molecule has 0 aliphatic heterocycles. The van der Waals surface area contributed by atoms with E-state index in [2.05, 4.69) is 10.6 Å². The average molecular weight is 268 g/mol. The van der Waals surface area contributed by atoms with E-state index in [1.807, 2.05) is 0 Å². The maximum absolute atomic E-state index is 11.7. The van der Waals surface area contributed by atoms with E-state index < -0.39 is 26.7 Å². The van der Waals surface area contributed by atoms with Gasteiger partial charge in [0.05, 0.1) is 16.7 Å². The third-order valence-corrected chi connectivity index (χ3v) is 3.54. The monoisotopic (exact) mass is 268 g/mol. The minimum atomic E-state index is -3.70. The Morgan fingerprint density at radius 2 is 2.11 bits per heavy atom. The Morgan fingerprint density at radius 1 is 1.50 bits per heavy atom. The number of hydrogen-bond donors (Lipinski definition) is 1. The molecule has 0 heterocycles. The Kier molecular flexibility index (Phi) is 4.42. The first-order chi connectivity index (χ1) is 8.35. The van der Waals surface area contributed by atoms with Crippen molar-refractivity contribution >= 4 is 15.7 Å². The Balaban J connectivity index is 2.99. The summed E-state index contributed by atoms with van der Waals surface area (Å²) in [7, 11) is -3.70. The Hall–Kier alpha value is -1.91. The minimum absolute atomic E-state index is 0.124. The van der Waals surface area contributed by atoms with Crippen molar-refractivity contribution < 1.29 is 13.3 Å². The number of benzene rings is 1. The first-order valence-corrected chi connectivity index (χ1v) is 6.69. The molecule has 0 spiro atoms. The zero-order valence-electron chi connectivity index (χ0n) is 9.66. The van der Waals surface area contributed by atoms with Crippen LogP contribution in [0, 0.1) is 22.5 Å². The fraction of sp³-hybridized carbons (Fsp3) is 0.273. The highest BCUT2D eigenvalue weighted by Crippen LogP contribution is 2.19. The predicted molar refractivity (Wildman–Crippen MR) is 67.2 cm³/mol. The van der Waals surface area contributed by atoms with Gasteiger partial charge >= 0.3 is 0 Å². The van der Waals surface area contributed by atoms with Gasteiger partial charge in [0.15, 0.2) is 0 Å². The van der Waals surface area contributed by atoms with Gasteiger partial charge in [0.2, 0.25) is 10.0 Å². The molecule has 6 nitrogen and oxygen atoms in total. The molecule has 7 heteroatoms. The lowest BCUT2D eigenvalue weighted by atomic mass is 10.2. The predicted octanol–water partition coefficient (Wildman–Crippen LogP) is 1.04. The summed E-state index contributed by atoms with van der Waals surface area (Å²) < 4.78 is 25.7. The molecule has 1 unspecified atom stereocenters. The SMILES string of the molecule is C#CC(C)NS(=O)(=O)Cc1ccccc1[N+](=O)[O-]. The normalized spacial score (nSPS) is 12.7. The lowest BCUT2D eigenvalue weighted by Gasteiger charge is -2.09. The lowest BCUT2D eigenvalue weighted by molar-refractivity contribution is -0.385. The fourth-order valence-electron chi connectivity index (χ4n) is 1.36. The third-order valence-electron chi connectivity index (χ3n) is 2.14. The number of terminal acetylenes is 1. The number of nitrogens with one attached hydrogen (secondary N) is 1. The Labute approximate surface area is 105 Å². The number of nitrogens with zero attached hydrogens (tertiary/aromatic N) is 1. The summed E-state index contributed by atoms with van der Waals surface area (Å²) in [5, 5.41) is 10.7. The van der Waals surface area contributed by atoms with E-state index in [9.17, 15) is 18.5 Å². The minimum Gasteiger partial charge on any atom is -0.258 e. The van der Waals surface area contributed by atoms with Crippen LogP contribution in [-0.4, -0.2) is 19.4 Å². The molecule has 1 rings (SSSR count). The number of sulfonamides is 1. The molecule has 0 fully saturated rings. The molecule has 1 atom stereocenters. The quantitative estimate of drug-likeness (QED) is 0.491. The van der Waals surface area contributed by atoms with Crippen molar-refractivity contribution in [2.45, 2.75) is 18.7 Å². The Bertz CT molecular complexity index is 589. The first kappa shape index (κ1) is 14.2. The first-order valence-electron chi connectivity index (χ1n) is 5.04. The van der Waals surface area contributed by atoms with Gasteiger partial charge in [-0.05, 0) is 6.92 Å². The van der Waals surface area contributed by atoms with E-state index in [1.54, 1.807) is 6.07 Å². The highest BCUT2D eigenvalue weighted by Gasteiger charge is 2.20. The molecule has 0 saturated heterocycles. The molecule has 0 aliphatic rings. The van der Waals surface area contributed by atoms with Crippen LogP contribution in [0.4, 0.5) is 5.69 Å². The molecule has 0 bridgehead atoms. The summed E-state index contributed by atoms with van der Waals surface area (Å²) in [5.74, 6) is 1.74. The molecular formula is C11H12N2O4S. The number of nitro groups is 1. The maximum Gasteiger partial charge on any atom is 0.273 e. The average Bonchev–Trinajstić information content (AvgIpc) is 2.28. The highest BCUT2D eigenvalue weighted by molar-refractivity contribution is 7.88. The van der Waals surface area contributed by atoms with Crippen LogP contribution in [-0.2, 0) is 15.8 Å². The molecular weight excluding hydrogens is 256 g/mol. The van der Waals surface area contributed by atoms with Crippen LogP contribution in [0.25, 0.3) is 0 Å². The topological polar surface area (TPSA) is 89.3 Å². The van der Waals surface area contributed by atoms with E-state index in [4.69, 9.17) is 6.42 Å². The zero-order valence-corrected chi connectivity index (χ0v) is 10.5. The second-order valence-corrected chi connectivity index (χ2v) is 5.40. The van der Waals surface area contributed by atoms with Gasteiger partial charge in [0, 0.05) is 11.6 Å². The maximum atomic E-state index is 11.7. The molecule has 96 valence electrons. The summed E-state index contributed by atoms with van der Waals surface area (Å²) in [5.41, 5.74) is -0.101. The second-order valence-electron chi connectivity index (χ2n) is 3.65. The van der Waals surface area contributed by atoms with Crippen molar-refractivity contribution in [3.05, 3.63) is 39.9 Å². The van der Waals surface area contributed by atoms with E-state index in [1.165, 1.54) is 25.1 Å². The molecule has 0 radical (unpaired) electrons. The molecule has 18 heavy (non-hydrogen) atoms. The van der Waals surface area contributed by atoms with Gasteiger partial charge in [0.1, 0.15) is 0 Å². The van der Waals surface area contributed by atoms with Crippen molar-refractivity contribution in [1.29, 1.82) is 0 Å². The van der Waals surface area contributed by atoms with Crippen LogP contribution in [0.2, 0.25) is 0 Å². The molecule has 0 saturated carbocycles. The lowest BCUT2D eigenvalue weighted by Crippen LogP contribution is -2.32. The van der Waals surface area contributed by atoms with Gasteiger partial charge in [-0.1, -0.05) is 24.1 Å². The number of hydrogen-bond acceptors (Lipinski definition) is 4. The van der Waals surface area contributed by atoms with Crippen LogP contribution >= 0.6 is 0 Å². The van der Waals surface area contributed by atoms with Crippen molar-refractivity contribution in [2.75, 3.05) is 0 Å². The van der Waals surface area contributed by atoms with Crippen molar-refractivity contribution in [3.63, 3.8) is 0 Å². The van der Waals surface area contributed by atoms with Gasteiger partial charge in [-0.25, -0.2) is 13.1 Å². The summed E-state index contributed by atoms with van der Waals surface area (Å²) in [6, 6.07) is 5.03. The van der Waals surface area contributed by atoms with E-state index in [0.717, 1.165) is 0 Å². The summed E-state index contributed by atoms with van der Waals surface area (Å²) in [6.45, 7) is 1.51. The fourth-order valence-corrected chi connectivity index (χ4v) is 2.70. The van der Waals surface area contributed by atoms with Crippen molar-refractivity contribution in [1.82, 2.24) is 4.72 Å². The second kappa shape index (κ2) is 5.62. The molecule has 1 aromatic carbocycles. The summed E-state index contributed by atoms with van der Waals surface area (Å²) >= 11 is 0. The van der Waals surface area contributed by atoms with Crippen molar-refractivity contribution in [2.24, 2.45) is 0 Å². The van der Waals surface area contributed by atoms with Crippen LogP contribution in [0.5, 0.6) is 0 Å². The standard InChI is InChI=1S/C11H12N2O4S/c1-3-9(2)12-18(16,17)8-10-6-4-5-7-11(10)13(14)15/h1,4-7,9,12H,8H2,2H3. The van der Waals surface area contributed by atoms with Crippen molar-refractivity contribution in [3.8, 4) is 12.3 Å². The molecule has 0 aliphatic carbocycles. The highest BCUT2D eigenvalue weighted by atomic mass is 32.2. The van der Waals surface area contributed by atoms with Gasteiger partial charge < -0.3 is 0 Å². The van der Waals surface area contributed by atoms with Gasteiger partial charge in [-0.3, -0.25) is 10.1 Å². The number of para-hydroxylation sites is 1. The van der Waals surface area contributed by atoms with Crippen LogP contribution in [0.15, 0.2) is 24.3 Å². The molecule has 0 amide bonds. The molecule has 0 aromatic heterocycles. The number of nitro benzene ring substituents is 1. The van der Waals surface area contributed by atoms with E-state index in [-0.39, 0.29) is 11.3 Å². The smallest absolute Gasteiger partial charge is 0.258 e. The van der Waals surface area contributed by atoms with E-state index in [0.29, 0.717) is 0 Å². The number of rotatable bonds is 5. The third kappa shape index (κ3) is 3.84.